The molecule has 0 bridgehead atoms. The topological polar surface area (TPSA) is 62.7 Å². The van der Waals surface area contributed by atoms with Gasteiger partial charge < -0.3 is 14.5 Å². The standard InChI is InChI=1S/C15H21N3O3/c1-10(2)18-9-11(7-14(18)19)15(20)17(3)12-5-6-13(21-4)16-8-12/h5-6,8,10-11H,7,9H2,1-4H3. The average molecular weight is 291 g/mol. The molecule has 1 atom stereocenters. The van der Waals surface area contributed by atoms with Crippen molar-refractivity contribution in [1.29, 1.82) is 0 Å². The van der Waals surface area contributed by atoms with Crippen LogP contribution < -0.4 is 9.64 Å². The highest BCUT2D eigenvalue weighted by atomic mass is 16.5. The molecule has 0 radical (unpaired) electrons. The summed E-state index contributed by atoms with van der Waals surface area (Å²) in [6.45, 7) is 4.41. The van der Waals surface area contributed by atoms with Gasteiger partial charge in [0.15, 0.2) is 0 Å². The first kappa shape index (κ1) is 15.3. The Bertz CT molecular complexity index is 527. The number of hydrogen-bond donors (Lipinski definition) is 0. The van der Waals surface area contributed by atoms with Crippen molar-refractivity contribution in [2.45, 2.75) is 26.3 Å². The molecule has 2 amide bonds. The van der Waals surface area contributed by atoms with Crippen molar-refractivity contribution in [3.05, 3.63) is 18.3 Å². The molecule has 1 aromatic rings. The van der Waals surface area contributed by atoms with Crippen LogP contribution in [-0.2, 0) is 9.59 Å². The van der Waals surface area contributed by atoms with Crippen LogP contribution in [0.15, 0.2) is 18.3 Å². The van der Waals surface area contributed by atoms with Gasteiger partial charge in [-0.15, -0.1) is 0 Å². The number of nitrogens with zero attached hydrogens (tertiary/aromatic N) is 3. The van der Waals surface area contributed by atoms with Gasteiger partial charge in [-0.1, -0.05) is 0 Å². The summed E-state index contributed by atoms with van der Waals surface area (Å²) in [7, 11) is 3.25. The van der Waals surface area contributed by atoms with Gasteiger partial charge in [0, 0.05) is 32.1 Å². The average Bonchev–Trinajstić information content (AvgIpc) is 2.88. The van der Waals surface area contributed by atoms with Gasteiger partial charge in [0.2, 0.25) is 17.7 Å². The van der Waals surface area contributed by atoms with Crippen LogP contribution in [0.1, 0.15) is 20.3 Å². The molecular weight excluding hydrogens is 270 g/mol. The SMILES string of the molecule is COc1ccc(N(C)C(=O)C2CC(=O)N(C(C)C)C2)cn1. The van der Waals surface area contributed by atoms with Crippen molar-refractivity contribution in [3.63, 3.8) is 0 Å². The van der Waals surface area contributed by atoms with E-state index in [-0.39, 0.29) is 30.2 Å². The highest BCUT2D eigenvalue weighted by Gasteiger charge is 2.37. The van der Waals surface area contributed by atoms with Crippen LogP contribution in [0.4, 0.5) is 5.69 Å². The zero-order valence-corrected chi connectivity index (χ0v) is 12.9. The van der Waals surface area contributed by atoms with Gasteiger partial charge in [-0.25, -0.2) is 4.98 Å². The summed E-state index contributed by atoms with van der Waals surface area (Å²) < 4.78 is 5.00. The predicted octanol–water partition coefficient (Wildman–Crippen LogP) is 1.31. The number of methoxy groups -OCH3 is 1. The van der Waals surface area contributed by atoms with Crippen LogP contribution in [0.3, 0.4) is 0 Å². The van der Waals surface area contributed by atoms with Gasteiger partial charge in [0.25, 0.3) is 0 Å². The van der Waals surface area contributed by atoms with Gasteiger partial charge >= 0.3 is 0 Å². The fourth-order valence-electron chi connectivity index (χ4n) is 2.49. The van der Waals surface area contributed by atoms with Gasteiger partial charge in [-0.05, 0) is 19.9 Å². The lowest BCUT2D eigenvalue weighted by molar-refractivity contribution is -0.129. The van der Waals surface area contributed by atoms with Gasteiger partial charge in [-0.3, -0.25) is 9.59 Å². The molecule has 1 aliphatic heterocycles. The normalized spacial score (nSPS) is 18.2. The molecule has 21 heavy (non-hydrogen) atoms. The van der Waals surface area contributed by atoms with E-state index in [0.29, 0.717) is 18.1 Å². The Labute approximate surface area is 124 Å². The quantitative estimate of drug-likeness (QED) is 0.839. The summed E-state index contributed by atoms with van der Waals surface area (Å²) in [5, 5.41) is 0. The molecule has 2 heterocycles. The van der Waals surface area contributed by atoms with E-state index in [1.54, 1.807) is 42.3 Å². The van der Waals surface area contributed by atoms with Crippen molar-refractivity contribution in [2.75, 3.05) is 25.6 Å². The molecule has 1 aromatic heterocycles. The summed E-state index contributed by atoms with van der Waals surface area (Å²) in [5.74, 6) is 0.205. The lowest BCUT2D eigenvalue weighted by Crippen LogP contribution is -2.36. The second-order valence-corrected chi connectivity index (χ2v) is 5.50. The molecule has 1 aliphatic rings. The molecule has 114 valence electrons. The van der Waals surface area contributed by atoms with Crippen LogP contribution in [0, 0.1) is 5.92 Å². The van der Waals surface area contributed by atoms with Crippen molar-refractivity contribution in [1.82, 2.24) is 9.88 Å². The number of amides is 2. The number of carbonyl (C=O) groups excluding carboxylic acids is 2. The number of likely N-dealkylation sites (tertiary alicyclic amines) is 1. The van der Waals surface area contributed by atoms with Crippen molar-refractivity contribution < 1.29 is 14.3 Å². The van der Waals surface area contributed by atoms with Crippen LogP contribution in [0.25, 0.3) is 0 Å². The number of pyridine rings is 1. The molecule has 1 fully saturated rings. The Balaban J connectivity index is 2.07. The van der Waals surface area contributed by atoms with E-state index in [4.69, 9.17) is 4.74 Å². The first-order valence-electron chi connectivity index (χ1n) is 7.01. The predicted molar refractivity (Wildman–Crippen MR) is 79.2 cm³/mol. The molecule has 2 rings (SSSR count). The fraction of sp³-hybridized carbons (Fsp3) is 0.533. The summed E-state index contributed by atoms with van der Waals surface area (Å²) in [6, 6.07) is 3.61. The number of ether oxygens (including phenoxy) is 1. The number of aromatic nitrogens is 1. The summed E-state index contributed by atoms with van der Waals surface area (Å²) in [5.41, 5.74) is 0.691. The van der Waals surface area contributed by atoms with E-state index in [9.17, 15) is 9.59 Å². The Morgan fingerprint density at radius 2 is 2.19 bits per heavy atom. The second-order valence-electron chi connectivity index (χ2n) is 5.50. The Morgan fingerprint density at radius 1 is 1.48 bits per heavy atom. The minimum absolute atomic E-state index is 0.0459. The third-order valence-electron chi connectivity index (χ3n) is 3.78. The Kier molecular flexibility index (Phi) is 4.45. The number of carbonyl (C=O) groups is 2. The maximum Gasteiger partial charge on any atom is 0.232 e. The van der Waals surface area contributed by atoms with E-state index >= 15 is 0 Å². The zero-order valence-electron chi connectivity index (χ0n) is 12.9. The zero-order chi connectivity index (χ0) is 15.6. The summed E-state index contributed by atoms with van der Waals surface area (Å²) >= 11 is 0. The van der Waals surface area contributed by atoms with E-state index in [2.05, 4.69) is 4.98 Å². The van der Waals surface area contributed by atoms with Crippen LogP contribution in [0.5, 0.6) is 5.88 Å². The van der Waals surface area contributed by atoms with E-state index in [1.807, 2.05) is 13.8 Å². The summed E-state index contributed by atoms with van der Waals surface area (Å²) in [6.07, 6.45) is 1.87. The van der Waals surface area contributed by atoms with Crippen molar-refractivity contribution in [3.8, 4) is 5.88 Å². The van der Waals surface area contributed by atoms with Crippen LogP contribution in [0.2, 0.25) is 0 Å². The lowest BCUT2D eigenvalue weighted by Gasteiger charge is -2.23. The second kappa shape index (κ2) is 6.11. The van der Waals surface area contributed by atoms with Gasteiger partial charge in [-0.2, -0.15) is 0 Å². The maximum absolute atomic E-state index is 12.5. The number of hydrogen-bond acceptors (Lipinski definition) is 4. The van der Waals surface area contributed by atoms with Crippen molar-refractivity contribution >= 4 is 17.5 Å². The summed E-state index contributed by atoms with van der Waals surface area (Å²) in [4.78, 5) is 31.8. The van der Waals surface area contributed by atoms with Crippen LogP contribution in [-0.4, -0.2) is 48.4 Å². The highest BCUT2D eigenvalue weighted by molar-refractivity contribution is 5.98. The molecule has 0 spiro atoms. The fourth-order valence-corrected chi connectivity index (χ4v) is 2.49. The van der Waals surface area contributed by atoms with Crippen molar-refractivity contribution in [2.24, 2.45) is 5.92 Å². The number of anilines is 1. The van der Waals surface area contributed by atoms with Gasteiger partial charge in [0.1, 0.15) is 0 Å². The third kappa shape index (κ3) is 3.15. The maximum atomic E-state index is 12.5. The largest absolute Gasteiger partial charge is 0.481 e. The molecule has 6 heteroatoms. The molecule has 0 aliphatic carbocycles. The molecule has 0 aromatic carbocycles. The van der Waals surface area contributed by atoms with Gasteiger partial charge in [0.05, 0.1) is 24.9 Å². The minimum atomic E-state index is -0.285. The third-order valence-corrected chi connectivity index (χ3v) is 3.78. The molecule has 0 N–H and O–H groups in total. The lowest BCUT2D eigenvalue weighted by atomic mass is 10.1. The molecule has 0 saturated carbocycles. The molecular formula is C15H21N3O3. The van der Waals surface area contributed by atoms with E-state index < -0.39 is 0 Å². The highest BCUT2D eigenvalue weighted by Crippen LogP contribution is 2.24. The van der Waals surface area contributed by atoms with E-state index in [1.165, 1.54) is 0 Å². The Hall–Kier alpha value is -2.11. The molecule has 1 unspecified atom stereocenters. The molecule has 6 nitrogen and oxygen atoms in total. The monoisotopic (exact) mass is 291 g/mol. The first-order valence-corrected chi connectivity index (χ1v) is 7.01. The molecule has 1 saturated heterocycles. The van der Waals surface area contributed by atoms with E-state index in [0.717, 1.165) is 0 Å². The van der Waals surface area contributed by atoms with Crippen LogP contribution >= 0.6 is 0 Å². The first-order chi connectivity index (χ1) is 9.93. The number of rotatable bonds is 4. The minimum Gasteiger partial charge on any atom is -0.481 e. The smallest absolute Gasteiger partial charge is 0.232 e. The Morgan fingerprint density at radius 3 is 2.67 bits per heavy atom.